The molecule has 0 saturated carbocycles. The molecule has 1 fully saturated rings. The predicted octanol–water partition coefficient (Wildman–Crippen LogP) is 3.58. The van der Waals surface area contributed by atoms with Crippen molar-refractivity contribution < 1.29 is 27.4 Å². The highest BCUT2D eigenvalue weighted by molar-refractivity contribution is 5.89. The van der Waals surface area contributed by atoms with Crippen molar-refractivity contribution in [1.29, 1.82) is 0 Å². The monoisotopic (exact) mass is 396 g/mol. The second-order valence-corrected chi connectivity index (χ2v) is 6.25. The van der Waals surface area contributed by atoms with E-state index in [2.05, 4.69) is 15.5 Å². The van der Waals surface area contributed by atoms with Crippen molar-refractivity contribution in [3.63, 3.8) is 0 Å². The van der Waals surface area contributed by atoms with Crippen LogP contribution in [-0.2, 0) is 6.18 Å². The molecule has 1 aliphatic heterocycles. The number of carbonyl (C=O) groups is 1. The van der Waals surface area contributed by atoms with Gasteiger partial charge in [-0.05, 0) is 31.0 Å². The Labute approximate surface area is 159 Å². The Morgan fingerprint density at radius 1 is 1.21 bits per heavy atom. The van der Waals surface area contributed by atoms with Crippen molar-refractivity contribution in [2.75, 3.05) is 25.5 Å². The van der Waals surface area contributed by atoms with Crippen LogP contribution in [0, 0.1) is 0 Å². The zero-order valence-corrected chi connectivity index (χ0v) is 15.1. The zero-order valence-electron chi connectivity index (χ0n) is 15.1. The van der Waals surface area contributed by atoms with Gasteiger partial charge in [-0.25, -0.2) is 4.79 Å². The van der Waals surface area contributed by atoms with Gasteiger partial charge in [-0.3, -0.25) is 0 Å². The topological polar surface area (TPSA) is 76.6 Å². The molecule has 150 valence electrons. The van der Waals surface area contributed by atoms with Gasteiger partial charge >= 0.3 is 12.2 Å². The van der Waals surface area contributed by atoms with Gasteiger partial charge < -0.3 is 19.7 Å². The number of nitrogens with one attached hydrogen (secondary N) is 1. The normalized spacial score (nSPS) is 17.1. The van der Waals surface area contributed by atoms with Crippen LogP contribution in [0.1, 0.15) is 18.4 Å². The van der Waals surface area contributed by atoms with E-state index in [0.29, 0.717) is 31.3 Å². The molecular formula is C18H19F3N4O3. The Balaban J connectivity index is 1.59. The first-order valence-corrected chi connectivity index (χ1v) is 8.63. The summed E-state index contributed by atoms with van der Waals surface area (Å²) in [5.74, 6) is 0.670. The maximum Gasteiger partial charge on any atom is 0.416 e. The second kappa shape index (κ2) is 8.32. The highest BCUT2D eigenvalue weighted by Gasteiger charge is 2.31. The second-order valence-electron chi connectivity index (χ2n) is 6.25. The minimum Gasteiger partial charge on any atom is -0.480 e. The molecule has 10 heteroatoms. The Kier molecular flexibility index (Phi) is 5.86. The van der Waals surface area contributed by atoms with Crippen LogP contribution in [0.3, 0.4) is 0 Å². The average molecular weight is 396 g/mol. The minimum atomic E-state index is -4.47. The molecule has 2 amide bonds. The number of hydrogen-bond donors (Lipinski definition) is 1. The fraction of sp³-hybridized carbons (Fsp3) is 0.389. The molecular weight excluding hydrogens is 377 g/mol. The molecule has 0 radical (unpaired) electrons. The van der Waals surface area contributed by atoms with E-state index in [0.717, 1.165) is 18.6 Å². The van der Waals surface area contributed by atoms with Crippen LogP contribution in [0.15, 0.2) is 36.4 Å². The molecule has 2 heterocycles. The van der Waals surface area contributed by atoms with Crippen LogP contribution in [-0.4, -0.2) is 47.4 Å². The molecule has 1 aliphatic rings. The molecule has 3 rings (SSSR count). The SMILES string of the molecule is COc1ccc(OC2CCCN(C(=O)Nc3cccc(C(F)(F)F)c3)C2)nn1. The Hall–Kier alpha value is -3.04. The molecule has 28 heavy (non-hydrogen) atoms. The fourth-order valence-electron chi connectivity index (χ4n) is 2.84. The van der Waals surface area contributed by atoms with E-state index in [4.69, 9.17) is 9.47 Å². The Bertz CT molecular complexity index is 814. The van der Waals surface area contributed by atoms with Gasteiger partial charge in [0, 0.05) is 24.4 Å². The summed E-state index contributed by atoms with van der Waals surface area (Å²) >= 11 is 0. The summed E-state index contributed by atoms with van der Waals surface area (Å²) in [4.78, 5) is 13.9. The summed E-state index contributed by atoms with van der Waals surface area (Å²) in [5, 5.41) is 10.2. The lowest BCUT2D eigenvalue weighted by atomic mass is 10.1. The number of halogens is 3. The van der Waals surface area contributed by atoms with Crippen LogP contribution in [0.5, 0.6) is 11.8 Å². The molecule has 1 aromatic heterocycles. The highest BCUT2D eigenvalue weighted by atomic mass is 19.4. The standard InChI is InChI=1S/C18H19F3N4O3/c1-27-15-7-8-16(24-23-15)28-14-6-3-9-25(11-14)17(26)22-13-5-2-4-12(10-13)18(19,20)21/h2,4-5,7-8,10,14H,3,6,9,11H2,1H3,(H,22,26). The first-order chi connectivity index (χ1) is 13.3. The number of likely N-dealkylation sites (tertiary alicyclic amines) is 1. The molecule has 1 N–H and O–H groups in total. The first kappa shape index (κ1) is 19.7. The molecule has 1 unspecified atom stereocenters. The number of rotatable bonds is 4. The van der Waals surface area contributed by atoms with Crippen LogP contribution >= 0.6 is 0 Å². The third-order valence-corrected chi connectivity index (χ3v) is 4.22. The van der Waals surface area contributed by atoms with E-state index in [-0.39, 0.29) is 11.8 Å². The van der Waals surface area contributed by atoms with Crippen molar-refractivity contribution in [3.8, 4) is 11.8 Å². The van der Waals surface area contributed by atoms with E-state index in [1.165, 1.54) is 24.1 Å². The summed E-state index contributed by atoms with van der Waals surface area (Å²) < 4.78 is 49.1. The van der Waals surface area contributed by atoms with Crippen LogP contribution < -0.4 is 14.8 Å². The zero-order chi connectivity index (χ0) is 20.1. The summed E-state index contributed by atoms with van der Waals surface area (Å²) in [6.07, 6.45) is -3.33. The van der Waals surface area contributed by atoms with Crippen molar-refractivity contribution in [3.05, 3.63) is 42.0 Å². The quantitative estimate of drug-likeness (QED) is 0.855. The van der Waals surface area contributed by atoms with Crippen molar-refractivity contribution in [1.82, 2.24) is 15.1 Å². The number of methoxy groups -OCH3 is 1. The van der Waals surface area contributed by atoms with E-state index in [1.54, 1.807) is 12.1 Å². The number of carbonyl (C=O) groups excluding carboxylic acids is 1. The molecule has 1 atom stereocenters. The lowest BCUT2D eigenvalue weighted by Gasteiger charge is -2.32. The Morgan fingerprint density at radius 3 is 2.64 bits per heavy atom. The van der Waals surface area contributed by atoms with Crippen molar-refractivity contribution in [2.45, 2.75) is 25.1 Å². The third kappa shape index (κ3) is 5.02. The molecule has 1 aromatic carbocycles. The fourth-order valence-corrected chi connectivity index (χ4v) is 2.84. The predicted molar refractivity (Wildman–Crippen MR) is 94.3 cm³/mol. The van der Waals surface area contributed by atoms with E-state index in [9.17, 15) is 18.0 Å². The minimum absolute atomic E-state index is 0.0869. The van der Waals surface area contributed by atoms with E-state index in [1.807, 2.05) is 0 Å². The third-order valence-electron chi connectivity index (χ3n) is 4.22. The van der Waals surface area contributed by atoms with Crippen molar-refractivity contribution in [2.24, 2.45) is 0 Å². The van der Waals surface area contributed by atoms with Gasteiger partial charge in [0.1, 0.15) is 6.10 Å². The Morgan fingerprint density at radius 2 is 1.96 bits per heavy atom. The number of benzene rings is 1. The average Bonchev–Trinajstić information content (AvgIpc) is 2.68. The lowest BCUT2D eigenvalue weighted by Crippen LogP contribution is -2.46. The molecule has 0 bridgehead atoms. The maximum atomic E-state index is 12.8. The van der Waals surface area contributed by atoms with Gasteiger partial charge in [0.15, 0.2) is 0 Å². The van der Waals surface area contributed by atoms with E-state index < -0.39 is 17.8 Å². The number of aromatic nitrogens is 2. The number of piperidine rings is 1. The van der Waals surface area contributed by atoms with Gasteiger partial charge in [-0.15, -0.1) is 10.2 Å². The highest BCUT2D eigenvalue weighted by Crippen LogP contribution is 2.30. The van der Waals surface area contributed by atoms with Gasteiger partial charge in [-0.2, -0.15) is 13.2 Å². The number of alkyl halides is 3. The molecule has 1 saturated heterocycles. The number of ether oxygens (including phenoxy) is 2. The number of amides is 2. The molecule has 2 aromatic rings. The van der Waals surface area contributed by atoms with Gasteiger partial charge in [0.05, 0.1) is 19.2 Å². The van der Waals surface area contributed by atoms with Crippen LogP contribution in [0.4, 0.5) is 23.7 Å². The molecule has 7 nitrogen and oxygen atoms in total. The number of urea groups is 1. The molecule has 0 spiro atoms. The first-order valence-electron chi connectivity index (χ1n) is 8.63. The van der Waals surface area contributed by atoms with E-state index >= 15 is 0 Å². The summed E-state index contributed by atoms with van der Waals surface area (Å²) in [6, 6.07) is 7.28. The number of hydrogen-bond acceptors (Lipinski definition) is 5. The summed E-state index contributed by atoms with van der Waals surface area (Å²) in [7, 11) is 1.48. The van der Waals surface area contributed by atoms with Gasteiger partial charge in [-0.1, -0.05) is 6.07 Å². The largest absolute Gasteiger partial charge is 0.480 e. The lowest BCUT2D eigenvalue weighted by molar-refractivity contribution is -0.137. The molecule has 0 aliphatic carbocycles. The summed E-state index contributed by atoms with van der Waals surface area (Å²) in [6.45, 7) is 0.775. The van der Waals surface area contributed by atoms with Gasteiger partial charge in [0.25, 0.3) is 0 Å². The maximum absolute atomic E-state index is 12.8. The number of anilines is 1. The summed E-state index contributed by atoms with van der Waals surface area (Å²) in [5.41, 5.74) is -0.730. The van der Waals surface area contributed by atoms with Gasteiger partial charge in [0.2, 0.25) is 11.8 Å². The number of nitrogens with zero attached hydrogens (tertiary/aromatic N) is 3. The van der Waals surface area contributed by atoms with Crippen molar-refractivity contribution >= 4 is 11.7 Å². The van der Waals surface area contributed by atoms with Crippen LogP contribution in [0.25, 0.3) is 0 Å². The smallest absolute Gasteiger partial charge is 0.416 e. The van der Waals surface area contributed by atoms with Crippen LogP contribution in [0.2, 0.25) is 0 Å².